The highest BCUT2D eigenvalue weighted by Crippen LogP contribution is 2.45. The van der Waals surface area contributed by atoms with Crippen LogP contribution in [0.15, 0.2) is 66.7 Å². The smallest absolute Gasteiger partial charge is 0.256 e. The Morgan fingerprint density at radius 3 is 2.29 bits per heavy atom. The first-order valence-corrected chi connectivity index (χ1v) is 9.35. The maximum Gasteiger partial charge on any atom is 0.256 e. The summed E-state index contributed by atoms with van der Waals surface area (Å²) in [6, 6.07) is 21.7. The minimum atomic E-state index is -1.24. The molecule has 1 atom stereocenters. The Labute approximate surface area is 165 Å². The number of hydrogen-bond donors (Lipinski definition) is 1. The summed E-state index contributed by atoms with van der Waals surface area (Å²) in [6.07, 6.45) is 0. The fourth-order valence-corrected chi connectivity index (χ4v) is 4.04. The molecule has 0 aliphatic carbocycles. The number of benzene rings is 3. The normalized spacial score (nSPS) is 18.3. The van der Waals surface area contributed by atoms with Crippen molar-refractivity contribution in [3.05, 3.63) is 94.5 Å². The summed E-state index contributed by atoms with van der Waals surface area (Å²) in [5.41, 5.74) is 11.3. The lowest BCUT2D eigenvalue weighted by atomic mass is 9.83. The number of carbonyl (C=O) groups excluding carboxylic acids is 1. The van der Waals surface area contributed by atoms with Crippen LogP contribution in [0.3, 0.4) is 0 Å². The largest absolute Gasteiger partial charge is 0.497 e. The number of rotatable bonds is 4. The van der Waals surface area contributed by atoms with Crippen molar-refractivity contribution in [2.24, 2.45) is 5.73 Å². The van der Waals surface area contributed by atoms with Crippen LogP contribution in [0.25, 0.3) is 0 Å². The number of amides is 1. The van der Waals surface area contributed by atoms with E-state index in [4.69, 9.17) is 10.5 Å². The summed E-state index contributed by atoms with van der Waals surface area (Å²) in [5.74, 6) is 0.567. The van der Waals surface area contributed by atoms with Crippen molar-refractivity contribution >= 4 is 11.6 Å². The molecule has 2 N–H and O–H groups in total. The van der Waals surface area contributed by atoms with Crippen molar-refractivity contribution in [3.8, 4) is 5.75 Å². The van der Waals surface area contributed by atoms with Gasteiger partial charge in [0.15, 0.2) is 0 Å². The van der Waals surface area contributed by atoms with Gasteiger partial charge in [0.2, 0.25) is 0 Å². The van der Waals surface area contributed by atoms with Gasteiger partial charge in [-0.1, -0.05) is 59.7 Å². The summed E-state index contributed by atoms with van der Waals surface area (Å²) in [7, 11) is 1.62. The van der Waals surface area contributed by atoms with Crippen molar-refractivity contribution in [2.45, 2.75) is 25.9 Å². The number of nitrogens with zero attached hydrogens (tertiary/aromatic N) is 1. The van der Waals surface area contributed by atoms with Crippen LogP contribution in [0, 0.1) is 13.8 Å². The van der Waals surface area contributed by atoms with Gasteiger partial charge >= 0.3 is 0 Å². The zero-order valence-electron chi connectivity index (χ0n) is 16.4. The molecule has 0 saturated heterocycles. The Hall–Kier alpha value is -3.11. The first-order chi connectivity index (χ1) is 13.4. The van der Waals surface area contributed by atoms with E-state index < -0.39 is 5.54 Å². The highest BCUT2D eigenvalue weighted by atomic mass is 16.5. The summed E-state index contributed by atoms with van der Waals surface area (Å²) >= 11 is 0. The fraction of sp³-hybridized carbons (Fsp3) is 0.208. The average Bonchev–Trinajstić information content (AvgIpc) is 2.90. The molecular weight excluding hydrogens is 348 g/mol. The van der Waals surface area contributed by atoms with Crippen LogP contribution in [0.1, 0.15) is 27.8 Å². The summed E-state index contributed by atoms with van der Waals surface area (Å²) in [6.45, 7) is 4.52. The third kappa shape index (κ3) is 2.86. The first kappa shape index (κ1) is 18.3. The van der Waals surface area contributed by atoms with Gasteiger partial charge in [-0.25, -0.2) is 0 Å². The number of aryl methyl sites for hydroxylation is 2. The predicted molar refractivity (Wildman–Crippen MR) is 112 cm³/mol. The van der Waals surface area contributed by atoms with Crippen molar-refractivity contribution in [1.29, 1.82) is 0 Å². The molecule has 142 valence electrons. The van der Waals surface area contributed by atoms with Gasteiger partial charge in [0.25, 0.3) is 5.91 Å². The lowest BCUT2D eigenvalue weighted by Crippen LogP contribution is -2.48. The van der Waals surface area contributed by atoms with Gasteiger partial charge in [-0.05, 0) is 43.2 Å². The van der Waals surface area contributed by atoms with E-state index in [-0.39, 0.29) is 5.91 Å². The molecule has 4 nitrogen and oxygen atoms in total. The van der Waals surface area contributed by atoms with Crippen molar-refractivity contribution < 1.29 is 9.53 Å². The Bertz CT molecular complexity index is 1030. The topological polar surface area (TPSA) is 55.6 Å². The molecule has 1 aliphatic rings. The predicted octanol–water partition coefficient (Wildman–Crippen LogP) is 4.06. The van der Waals surface area contributed by atoms with E-state index in [1.54, 1.807) is 12.0 Å². The Morgan fingerprint density at radius 1 is 0.964 bits per heavy atom. The van der Waals surface area contributed by atoms with Crippen molar-refractivity contribution in [3.63, 3.8) is 0 Å². The molecule has 3 aromatic carbocycles. The number of carbonyl (C=O) groups is 1. The summed E-state index contributed by atoms with van der Waals surface area (Å²) in [5, 5.41) is 0. The second kappa shape index (κ2) is 6.80. The van der Waals surface area contributed by atoms with Crippen molar-refractivity contribution in [2.75, 3.05) is 12.0 Å². The number of anilines is 1. The maximum absolute atomic E-state index is 13.7. The van der Waals surface area contributed by atoms with Gasteiger partial charge in [0, 0.05) is 5.56 Å². The van der Waals surface area contributed by atoms with E-state index >= 15 is 0 Å². The quantitative estimate of drug-likeness (QED) is 0.751. The van der Waals surface area contributed by atoms with Crippen LogP contribution in [0.4, 0.5) is 5.69 Å². The van der Waals surface area contributed by atoms with E-state index in [1.807, 2.05) is 74.5 Å². The van der Waals surface area contributed by atoms with Gasteiger partial charge in [-0.3, -0.25) is 4.79 Å². The molecule has 4 heteroatoms. The van der Waals surface area contributed by atoms with Crippen LogP contribution < -0.4 is 15.4 Å². The van der Waals surface area contributed by atoms with Gasteiger partial charge in [-0.15, -0.1) is 0 Å². The van der Waals surface area contributed by atoms with Gasteiger partial charge in [0.1, 0.15) is 11.3 Å². The monoisotopic (exact) mass is 372 g/mol. The Balaban J connectivity index is 1.89. The molecule has 4 rings (SSSR count). The van der Waals surface area contributed by atoms with Gasteiger partial charge in [-0.2, -0.15) is 0 Å². The van der Waals surface area contributed by atoms with Gasteiger partial charge in [0.05, 0.1) is 19.3 Å². The third-order valence-electron chi connectivity index (χ3n) is 5.36. The fourth-order valence-electron chi connectivity index (χ4n) is 4.04. The lowest BCUT2D eigenvalue weighted by Gasteiger charge is -2.26. The van der Waals surface area contributed by atoms with Crippen LogP contribution in [-0.4, -0.2) is 13.0 Å². The zero-order valence-corrected chi connectivity index (χ0v) is 16.4. The zero-order chi connectivity index (χ0) is 19.9. The van der Waals surface area contributed by atoms with Gasteiger partial charge < -0.3 is 15.4 Å². The van der Waals surface area contributed by atoms with E-state index in [9.17, 15) is 4.79 Å². The molecule has 0 spiro atoms. The summed E-state index contributed by atoms with van der Waals surface area (Å²) in [4.78, 5) is 15.5. The standard InChI is InChI=1S/C24H24N2O2/c1-16-11-17(2)13-19(12-16)24(25)21-14-20(28-3)9-10-22(21)26(23(24)27)15-18-7-5-4-6-8-18/h4-14H,15,25H2,1-3H3/t24-/m0/s1. The number of methoxy groups -OCH3 is 1. The highest BCUT2D eigenvalue weighted by molar-refractivity contribution is 6.10. The van der Waals surface area contributed by atoms with E-state index in [0.717, 1.165) is 33.5 Å². The first-order valence-electron chi connectivity index (χ1n) is 9.35. The molecule has 0 radical (unpaired) electrons. The average molecular weight is 372 g/mol. The molecule has 1 heterocycles. The number of ether oxygens (including phenoxy) is 1. The molecule has 3 aromatic rings. The summed E-state index contributed by atoms with van der Waals surface area (Å²) < 4.78 is 5.42. The molecule has 0 saturated carbocycles. The molecule has 0 fully saturated rings. The maximum atomic E-state index is 13.7. The SMILES string of the molecule is COc1ccc2c(c1)[C@@](N)(c1cc(C)cc(C)c1)C(=O)N2Cc1ccccc1. The van der Waals surface area contributed by atoms with Crippen LogP contribution in [-0.2, 0) is 16.9 Å². The van der Waals surface area contributed by atoms with Crippen LogP contribution in [0.2, 0.25) is 0 Å². The minimum Gasteiger partial charge on any atom is -0.497 e. The highest BCUT2D eigenvalue weighted by Gasteiger charge is 2.49. The minimum absolute atomic E-state index is 0.121. The van der Waals surface area contributed by atoms with E-state index in [0.29, 0.717) is 12.3 Å². The Morgan fingerprint density at radius 2 is 1.64 bits per heavy atom. The number of fused-ring (bicyclic) bond motifs is 1. The Kier molecular flexibility index (Phi) is 4.44. The van der Waals surface area contributed by atoms with E-state index in [1.165, 1.54) is 0 Å². The number of hydrogen-bond acceptors (Lipinski definition) is 3. The second-order valence-electron chi connectivity index (χ2n) is 7.44. The lowest BCUT2D eigenvalue weighted by molar-refractivity contribution is -0.121. The molecule has 0 bridgehead atoms. The molecular formula is C24H24N2O2. The van der Waals surface area contributed by atoms with Crippen molar-refractivity contribution in [1.82, 2.24) is 0 Å². The molecule has 1 aliphatic heterocycles. The van der Waals surface area contributed by atoms with Crippen LogP contribution in [0.5, 0.6) is 5.75 Å². The third-order valence-corrected chi connectivity index (χ3v) is 5.36. The van der Waals surface area contributed by atoms with E-state index in [2.05, 4.69) is 6.07 Å². The number of nitrogens with two attached hydrogens (primary N) is 1. The van der Waals surface area contributed by atoms with Crippen LogP contribution >= 0.6 is 0 Å². The second-order valence-corrected chi connectivity index (χ2v) is 7.44. The molecule has 28 heavy (non-hydrogen) atoms. The molecule has 1 amide bonds. The molecule has 0 aromatic heterocycles. The molecule has 0 unspecified atom stereocenters.